The van der Waals surface area contributed by atoms with E-state index in [0.29, 0.717) is 0 Å². The van der Waals surface area contributed by atoms with Crippen LogP contribution >= 0.6 is 7.05 Å². The van der Waals surface area contributed by atoms with Crippen LogP contribution in [0.3, 0.4) is 0 Å². The van der Waals surface area contributed by atoms with Gasteiger partial charge in [-0.2, -0.15) is 0 Å². The molecule has 1 nitrogen and oxygen atoms in total. The van der Waals surface area contributed by atoms with Crippen molar-refractivity contribution in [2.75, 3.05) is 0 Å². The van der Waals surface area contributed by atoms with E-state index in [4.69, 9.17) is 4.74 Å². The van der Waals surface area contributed by atoms with E-state index in [9.17, 15) is 0 Å². The van der Waals surface area contributed by atoms with Crippen LogP contribution in [0.25, 0.3) is 0 Å². The molecule has 196 valence electrons. The Morgan fingerprint density at radius 2 is 1.18 bits per heavy atom. The van der Waals surface area contributed by atoms with Gasteiger partial charge in [-0.05, 0) is 62.2 Å². The predicted molar refractivity (Wildman–Crippen MR) is 157 cm³/mol. The van der Waals surface area contributed by atoms with Crippen molar-refractivity contribution in [3.05, 3.63) is 48.2 Å². The standard InChI is InChI=1S/C23H44NP.C8H14.Ti/c1-7-10-15-20(4)25(21(5)16-11-8-2,22(6)17-12-9-3)24-23-18-13-14-19-23;1-3-5-7-8-6-4-2;/h13-14,18,20-22H,7-12,15-17,19H2,1-6H3;5-8H,3-4H2,1-2H3;. The molecule has 0 heterocycles. The fourth-order valence-electron chi connectivity index (χ4n) is 4.88. The van der Waals surface area contributed by atoms with Gasteiger partial charge in [0.25, 0.3) is 0 Å². The number of rotatable bonds is 16. The molecule has 0 aromatic heterocycles. The van der Waals surface area contributed by atoms with E-state index in [1.807, 2.05) is 0 Å². The summed E-state index contributed by atoms with van der Waals surface area (Å²) in [7, 11) is -1.39. The van der Waals surface area contributed by atoms with E-state index in [-0.39, 0.29) is 21.7 Å². The second-order valence-corrected chi connectivity index (χ2v) is 14.3. The minimum absolute atomic E-state index is 0. The summed E-state index contributed by atoms with van der Waals surface area (Å²) in [5, 5.41) is 0. The van der Waals surface area contributed by atoms with E-state index in [1.54, 1.807) is 0 Å². The summed E-state index contributed by atoms with van der Waals surface area (Å²) in [6, 6.07) is 0. The van der Waals surface area contributed by atoms with Crippen molar-refractivity contribution in [1.82, 2.24) is 0 Å². The molecule has 0 fully saturated rings. The summed E-state index contributed by atoms with van der Waals surface area (Å²) in [4.78, 5) is 0. The predicted octanol–water partition coefficient (Wildman–Crippen LogP) is 11.7. The van der Waals surface area contributed by atoms with Crippen LogP contribution in [-0.2, 0) is 21.7 Å². The molecule has 0 aromatic rings. The first-order valence-corrected chi connectivity index (χ1v) is 16.2. The third-order valence-corrected chi connectivity index (χ3v) is 12.6. The van der Waals surface area contributed by atoms with Gasteiger partial charge in [0.05, 0.1) is 0 Å². The molecular weight excluding hydrogens is 465 g/mol. The van der Waals surface area contributed by atoms with E-state index in [2.05, 4.69) is 97.9 Å². The third kappa shape index (κ3) is 13.9. The van der Waals surface area contributed by atoms with Crippen molar-refractivity contribution < 1.29 is 21.7 Å². The van der Waals surface area contributed by atoms with Gasteiger partial charge in [0.15, 0.2) is 0 Å². The Labute approximate surface area is 230 Å². The van der Waals surface area contributed by atoms with Crippen LogP contribution in [-0.4, -0.2) is 17.0 Å². The molecule has 0 aromatic carbocycles. The Bertz CT molecular complexity index is 589. The Kier molecular flexibility index (Phi) is 24.7. The van der Waals surface area contributed by atoms with Crippen molar-refractivity contribution >= 4 is 7.05 Å². The molecule has 1 aliphatic rings. The number of hydrogen-bond acceptors (Lipinski definition) is 1. The second-order valence-electron chi connectivity index (χ2n) is 9.83. The Balaban J connectivity index is 0. The maximum atomic E-state index is 5.68. The molecule has 1 rings (SSSR count). The van der Waals surface area contributed by atoms with Crippen LogP contribution < -0.4 is 0 Å². The minimum Gasteiger partial charge on any atom is -0.271 e. The summed E-state index contributed by atoms with van der Waals surface area (Å²) in [5.41, 5.74) is 3.68. The first-order chi connectivity index (χ1) is 15.9. The van der Waals surface area contributed by atoms with Gasteiger partial charge < -0.3 is 0 Å². The largest absolute Gasteiger partial charge is 0.271 e. The summed E-state index contributed by atoms with van der Waals surface area (Å²) in [5.74, 6) is 0. The van der Waals surface area contributed by atoms with Crippen molar-refractivity contribution in [3.8, 4) is 0 Å². The molecular formula is C31H58NPTi. The van der Waals surface area contributed by atoms with Gasteiger partial charge in [-0.1, -0.05) is 130 Å². The quantitative estimate of drug-likeness (QED) is 0.108. The topological polar surface area (TPSA) is 12.4 Å². The average molecular weight is 524 g/mol. The van der Waals surface area contributed by atoms with Gasteiger partial charge >= 0.3 is 0 Å². The fraction of sp³-hybridized carbons (Fsp3) is 0.742. The zero-order valence-electron chi connectivity index (χ0n) is 24.2. The van der Waals surface area contributed by atoms with Gasteiger partial charge in [0.1, 0.15) is 0 Å². The molecule has 0 saturated carbocycles. The third-order valence-electron chi connectivity index (χ3n) is 6.95. The molecule has 0 saturated heterocycles. The maximum Gasteiger partial charge on any atom is 0.0425 e. The first-order valence-electron chi connectivity index (χ1n) is 14.2. The normalized spacial score (nSPS) is 17.5. The minimum atomic E-state index is -1.39. The van der Waals surface area contributed by atoms with Crippen molar-refractivity contribution in [1.29, 1.82) is 0 Å². The van der Waals surface area contributed by atoms with Gasteiger partial charge in [-0.3, -0.25) is 4.74 Å². The van der Waals surface area contributed by atoms with Crippen LogP contribution in [0.2, 0.25) is 0 Å². The summed E-state index contributed by atoms with van der Waals surface area (Å²) in [6.07, 6.45) is 30.6. The molecule has 0 aliphatic heterocycles. The number of hydrogen-bond donors (Lipinski definition) is 0. The molecule has 0 radical (unpaired) electrons. The Morgan fingerprint density at radius 1 is 0.765 bits per heavy atom. The summed E-state index contributed by atoms with van der Waals surface area (Å²) in [6.45, 7) is 18.9. The maximum absolute atomic E-state index is 5.68. The van der Waals surface area contributed by atoms with E-state index < -0.39 is 7.05 Å². The fourth-order valence-corrected chi connectivity index (χ4v) is 10.5. The zero-order chi connectivity index (χ0) is 25.0. The molecule has 1 aliphatic carbocycles. The molecule has 0 amide bonds. The summed E-state index contributed by atoms with van der Waals surface area (Å²) < 4.78 is 5.68. The monoisotopic (exact) mass is 523 g/mol. The molecule has 0 N–H and O–H groups in total. The average Bonchev–Trinajstić information content (AvgIpc) is 3.34. The van der Waals surface area contributed by atoms with Crippen LogP contribution in [0.1, 0.15) is 132 Å². The molecule has 34 heavy (non-hydrogen) atoms. The summed E-state index contributed by atoms with van der Waals surface area (Å²) >= 11 is 0. The van der Waals surface area contributed by atoms with Crippen LogP contribution in [0.4, 0.5) is 0 Å². The smallest absolute Gasteiger partial charge is 0.0425 e. The van der Waals surface area contributed by atoms with Crippen molar-refractivity contribution in [3.63, 3.8) is 0 Å². The van der Waals surface area contributed by atoms with Gasteiger partial charge in [-0.15, -0.1) is 0 Å². The van der Waals surface area contributed by atoms with Gasteiger partial charge in [-0.25, -0.2) is 0 Å². The van der Waals surface area contributed by atoms with Gasteiger partial charge in [0, 0.05) is 33.8 Å². The van der Waals surface area contributed by atoms with E-state index in [1.165, 1.54) is 63.5 Å². The van der Waals surface area contributed by atoms with E-state index >= 15 is 0 Å². The van der Waals surface area contributed by atoms with Gasteiger partial charge in [0.2, 0.25) is 0 Å². The Hall–Kier alpha value is -0.0957. The second kappa shape index (κ2) is 23.3. The van der Waals surface area contributed by atoms with Crippen LogP contribution in [0.5, 0.6) is 0 Å². The molecule has 3 heteroatoms. The first kappa shape index (κ1) is 36.1. The number of nitrogens with zero attached hydrogens (tertiary/aromatic N) is 1. The molecule has 0 spiro atoms. The molecule has 3 unspecified atom stereocenters. The molecule has 3 atom stereocenters. The number of allylic oxidation sites excluding steroid dienone is 7. The van der Waals surface area contributed by atoms with Crippen molar-refractivity contribution in [2.45, 2.75) is 149 Å². The number of unbranched alkanes of at least 4 members (excludes halogenated alkanes) is 3. The molecule has 0 bridgehead atoms. The Morgan fingerprint density at radius 3 is 1.47 bits per heavy atom. The zero-order valence-corrected chi connectivity index (χ0v) is 26.6. The van der Waals surface area contributed by atoms with Crippen LogP contribution in [0, 0.1) is 0 Å². The van der Waals surface area contributed by atoms with Crippen molar-refractivity contribution in [2.24, 2.45) is 4.74 Å². The SMILES string of the molecule is CCC=CC=CCC.CCCCC(C)P(=NC1=CC=CC1)(C(C)CCCC)C(C)CCCC.[Ti]. The van der Waals surface area contributed by atoms with Crippen LogP contribution in [0.15, 0.2) is 53.0 Å². The van der Waals surface area contributed by atoms with E-state index in [0.717, 1.165) is 36.2 Å².